The number of methoxy groups -OCH3 is 2. The zero-order valence-corrected chi connectivity index (χ0v) is 11.5. The molecule has 0 N–H and O–H groups in total. The summed E-state index contributed by atoms with van der Waals surface area (Å²) in [4.78, 5) is 14.3. The van der Waals surface area contributed by atoms with Crippen LogP contribution in [0.5, 0.6) is 11.5 Å². The van der Waals surface area contributed by atoms with Gasteiger partial charge in [-0.05, 0) is 25.2 Å². The molecular formula is C14H21NO3. The molecule has 0 amide bonds. The molecule has 1 rings (SSSR count). The zero-order valence-electron chi connectivity index (χ0n) is 11.5. The average Bonchev–Trinajstić information content (AvgIpc) is 2.43. The van der Waals surface area contributed by atoms with E-state index in [1.54, 1.807) is 32.4 Å². The first-order valence-electron chi connectivity index (χ1n) is 6.13. The quantitative estimate of drug-likeness (QED) is 0.697. The van der Waals surface area contributed by atoms with Gasteiger partial charge in [-0.25, -0.2) is 0 Å². The van der Waals surface area contributed by atoms with Crippen LogP contribution in [0.2, 0.25) is 0 Å². The zero-order chi connectivity index (χ0) is 13.5. The third kappa shape index (κ3) is 3.47. The maximum Gasteiger partial charge on any atom is 0.180 e. The van der Waals surface area contributed by atoms with Crippen LogP contribution in [-0.4, -0.2) is 44.5 Å². The van der Waals surface area contributed by atoms with Crippen molar-refractivity contribution in [1.82, 2.24) is 4.90 Å². The molecule has 0 aliphatic heterocycles. The van der Waals surface area contributed by atoms with E-state index >= 15 is 0 Å². The Labute approximate surface area is 108 Å². The van der Waals surface area contributed by atoms with Gasteiger partial charge >= 0.3 is 0 Å². The Morgan fingerprint density at radius 1 is 1.17 bits per heavy atom. The first kappa shape index (κ1) is 14.5. The number of carbonyl (C=O) groups is 1. The molecule has 18 heavy (non-hydrogen) atoms. The van der Waals surface area contributed by atoms with Crippen LogP contribution in [0.1, 0.15) is 24.2 Å². The number of ether oxygens (including phenoxy) is 2. The Balaban J connectivity index is 2.91. The number of Topliss-reactive ketones (excluding diaryl/α,β-unsaturated/α-hetero) is 1. The second-order valence-corrected chi connectivity index (χ2v) is 3.95. The molecule has 0 aliphatic carbocycles. The van der Waals surface area contributed by atoms with Gasteiger partial charge in [0.15, 0.2) is 5.78 Å². The third-order valence-electron chi connectivity index (χ3n) is 2.97. The molecule has 100 valence electrons. The van der Waals surface area contributed by atoms with Crippen LogP contribution >= 0.6 is 0 Å². The van der Waals surface area contributed by atoms with Crippen LogP contribution in [0.15, 0.2) is 18.2 Å². The minimum absolute atomic E-state index is 0.0678. The second-order valence-electron chi connectivity index (χ2n) is 3.95. The van der Waals surface area contributed by atoms with Gasteiger partial charge in [0.2, 0.25) is 0 Å². The predicted molar refractivity (Wildman–Crippen MR) is 71.7 cm³/mol. The summed E-state index contributed by atoms with van der Waals surface area (Å²) in [6.45, 7) is 6.22. The molecule has 0 saturated heterocycles. The Kier molecular flexibility index (Phi) is 5.65. The summed E-state index contributed by atoms with van der Waals surface area (Å²) in [5, 5.41) is 0. The SMILES string of the molecule is CCN(CC)CC(=O)c1ccc(OC)cc1OC. The Hall–Kier alpha value is -1.55. The van der Waals surface area contributed by atoms with E-state index in [2.05, 4.69) is 4.90 Å². The highest BCUT2D eigenvalue weighted by Gasteiger charge is 2.15. The van der Waals surface area contributed by atoms with Crippen molar-refractivity contribution in [1.29, 1.82) is 0 Å². The highest BCUT2D eigenvalue weighted by molar-refractivity contribution is 6.00. The van der Waals surface area contributed by atoms with Crippen molar-refractivity contribution in [2.24, 2.45) is 0 Å². The summed E-state index contributed by atoms with van der Waals surface area (Å²) in [6, 6.07) is 5.26. The topological polar surface area (TPSA) is 38.8 Å². The van der Waals surface area contributed by atoms with E-state index in [1.807, 2.05) is 13.8 Å². The maximum atomic E-state index is 12.2. The average molecular weight is 251 g/mol. The van der Waals surface area contributed by atoms with Gasteiger partial charge in [0.1, 0.15) is 11.5 Å². The van der Waals surface area contributed by atoms with E-state index in [4.69, 9.17) is 9.47 Å². The van der Waals surface area contributed by atoms with Gasteiger partial charge in [-0.2, -0.15) is 0 Å². The monoisotopic (exact) mass is 251 g/mol. The molecule has 1 aromatic rings. The molecule has 0 spiro atoms. The number of hydrogen-bond acceptors (Lipinski definition) is 4. The fourth-order valence-electron chi connectivity index (χ4n) is 1.76. The lowest BCUT2D eigenvalue weighted by atomic mass is 10.1. The normalized spacial score (nSPS) is 10.5. The summed E-state index contributed by atoms with van der Waals surface area (Å²) < 4.78 is 10.4. The molecule has 0 radical (unpaired) electrons. The molecule has 0 aliphatic rings. The molecule has 0 atom stereocenters. The molecule has 0 heterocycles. The van der Waals surface area contributed by atoms with Crippen LogP contribution in [-0.2, 0) is 0 Å². The van der Waals surface area contributed by atoms with Gasteiger partial charge in [-0.15, -0.1) is 0 Å². The Morgan fingerprint density at radius 3 is 2.33 bits per heavy atom. The fraction of sp³-hybridized carbons (Fsp3) is 0.500. The van der Waals surface area contributed by atoms with Gasteiger partial charge < -0.3 is 9.47 Å². The molecule has 1 aromatic carbocycles. The number of benzene rings is 1. The summed E-state index contributed by atoms with van der Waals surface area (Å²) in [7, 11) is 3.15. The van der Waals surface area contributed by atoms with Crippen molar-refractivity contribution in [3.8, 4) is 11.5 Å². The molecule has 0 aromatic heterocycles. The molecule has 4 heteroatoms. The lowest BCUT2D eigenvalue weighted by molar-refractivity contribution is 0.0934. The van der Waals surface area contributed by atoms with E-state index in [-0.39, 0.29) is 5.78 Å². The number of hydrogen-bond donors (Lipinski definition) is 0. The highest BCUT2D eigenvalue weighted by atomic mass is 16.5. The first-order valence-corrected chi connectivity index (χ1v) is 6.13. The van der Waals surface area contributed by atoms with Crippen LogP contribution in [0.4, 0.5) is 0 Å². The molecule has 4 nitrogen and oxygen atoms in total. The molecule has 0 saturated carbocycles. The largest absolute Gasteiger partial charge is 0.497 e. The van der Waals surface area contributed by atoms with Crippen molar-refractivity contribution in [3.63, 3.8) is 0 Å². The van der Waals surface area contributed by atoms with E-state index < -0.39 is 0 Å². The van der Waals surface area contributed by atoms with Crippen molar-refractivity contribution in [2.75, 3.05) is 33.9 Å². The van der Waals surface area contributed by atoms with Gasteiger partial charge in [-0.1, -0.05) is 13.8 Å². The smallest absolute Gasteiger partial charge is 0.180 e. The number of ketones is 1. The third-order valence-corrected chi connectivity index (χ3v) is 2.97. The van der Waals surface area contributed by atoms with Crippen LogP contribution in [0.3, 0.4) is 0 Å². The predicted octanol–water partition coefficient (Wildman–Crippen LogP) is 2.23. The van der Waals surface area contributed by atoms with Crippen LogP contribution < -0.4 is 9.47 Å². The maximum absolute atomic E-state index is 12.2. The molecular weight excluding hydrogens is 230 g/mol. The fourth-order valence-corrected chi connectivity index (χ4v) is 1.76. The van der Waals surface area contributed by atoms with Crippen molar-refractivity contribution >= 4 is 5.78 Å². The second kappa shape index (κ2) is 7.01. The standard InChI is InChI=1S/C14H21NO3/c1-5-15(6-2)10-13(16)12-8-7-11(17-3)9-14(12)18-4/h7-9H,5-6,10H2,1-4H3. The highest BCUT2D eigenvalue weighted by Crippen LogP contribution is 2.25. The van der Waals surface area contributed by atoms with Gasteiger partial charge in [-0.3, -0.25) is 9.69 Å². The van der Waals surface area contributed by atoms with Gasteiger partial charge in [0.05, 0.1) is 26.3 Å². The Morgan fingerprint density at radius 2 is 1.83 bits per heavy atom. The Bertz CT molecular complexity index is 400. The van der Waals surface area contributed by atoms with E-state index in [0.29, 0.717) is 23.6 Å². The minimum Gasteiger partial charge on any atom is -0.497 e. The minimum atomic E-state index is 0.0678. The van der Waals surface area contributed by atoms with Crippen molar-refractivity contribution in [3.05, 3.63) is 23.8 Å². The lowest BCUT2D eigenvalue weighted by Crippen LogP contribution is -2.29. The first-order chi connectivity index (χ1) is 8.65. The molecule has 0 fully saturated rings. The molecule has 0 bridgehead atoms. The van der Waals surface area contributed by atoms with Crippen LogP contribution in [0.25, 0.3) is 0 Å². The van der Waals surface area contributed by atoms with Crippen molar-refractivity contribution in [2.45, 2.75) is 13.8 Å². The number of nitrogens with zero attached hydrogens (tertiary/aromatic N) is 1. The number of likely N-dealkylation sites (N-methyl/N-ethyl adjacent to an activating group) is 1. The number of carbonyl (C=O) groups excluding carboxylic acids is 1. The molecule has 0 unspecified atom stereocenters. The van der Waals surface area contributed by atoms with Gasteiger partial charge in [0, 0.05) is 6.07 Å². The summed E-state index contributed by atoms with van der Waals surface area (Å²) in [5.74, 6) is 1.32. The van der Waals surface area contributed by atoms with E-state index in [0.717, 1.165) is 13.1 Å². The van der Waals surface area contributed by atoms with Crippen molar-refractivity contribution < 1.29 is 14.3 Å². The summed E-state index contributed by atoms with van der Waals surface area (Å²) in [5.41, 5.74) is 0.602. The summed E-state index contributed by atoms with van der Waals surface area (Å²) >= 11 is 0. The van der Waals surface area contributed by atoms with E-state index in [1.165, 1.54) is 0 Å². The van der Waals surface area contributed by atoms with E-state index in [9.17, 15) is 4.79 Å². The lowest BCUT2D eigenvalue weighted by Gasteiger charge is -2.17. The number of rotatable bonds is 7. The van der Waals surface area contributed by atoms with Gasteiger partial charge in [0.25, 0.3) is 0 Å². The van der Waals surface area contributed by atoms with Crippen LogP contribution in [0, 0.1) is 0 Å². The summed E-state index contributed by atoms with van der Waals surface area (Å²) in [6.07, 6.45) is 0.